The van der Waals surface area contributed by atoms with Crippen molar-refractivity contribution >= 4 is 17.7 Å². The first-order valence-corrected chi connectivity index (χ1v) is 15.8. The van der Waals surface area contributed by atoms with E-state index in [9.17, 15) is 24.6 Å². The molecule has 244 valence electrons. The third kappa shape index (κ3) is 7.74. The molecule has 0 aliphatic carbocycles. The van der Waals surface area contributed by atoms with Crippen LogP contribution in [-0.2, 0) is 27.2 Å². The molecule has 1 unspecified atom stereocenters. The van der Waals surface area contributed by atoms with E-state index in [-0.39, 0.29) is 43.0 Å². The van der Waals surface area contributed by atoms with E-state index in [1.54, 1.807) is 41.3 Å². The highest BCUT2D eigenvalue weighted by atomic mass is 16.3. The second kappa shape index (κ2) is 14.6. The molecule has 4 atom stereocenters. The number of piperazine rings is 1. The number of nitrogens with two attached hydrogens (primary N) is 2. The molecule has 3 aliphatic rings. The number of amides is 3. The molecule has 3 amide bonds. The Balaban J connectivity index is 1.45. The van der Waals surface area contributed by atoms with Crippen LogP contribution in [0.15, 0.2) is 36.4 Å². The lowest BCUT2D eigenvalue weighted by atomic mass is 9.95. The van der Waals surface area contributed by atoms with Crippen molar-refractivity contribution in [2.75, 3.05) is 52.9 Å². The first kappa shape index (κ1) is 32.6. The maximum absolute atomic E-state index is 14.1. The van der Waals surface area contributed by atoms with Crippen molar-refractivity contribution in [3.05, 3.63) is 47.5 Å². The second-order valence-corrected chi connectivity index (χ2v) is 12.3. The van der Waals surface area contributed by atoms with Gasteiger partial charge in [0.15, 0.2) is 0 Å². The summed E-state index contributed by atoms with van der Waals surface area (Å²) in [7, 11) is 2.09. The van der Waals surface area contributed by atoms with Crippen molar-refractivity contribution in [1.82, 2.24) is 30.7 Å². The Kier molecular flexibility index (Phi) is 10.6. The summed E-state index contributed by atoms with van der Waals surface area (Å²) in [6.07, 6.45) is 2.01. The fourth-order valence-electron chi connectivity index (χ4n) is 6.40. The quantitative estimate of drug-likeness (QED) is 0.224. The third-order valence-electron chi connectivity index (χ3n) is 9.04. The van der Waals surface area contributed by atoms with Gasteiger partial charge in [-0.2, -0.15) is 0 Å². The summed E-state index contributed by atoms with van der Waals surface area (Å²) >= 11 is 0. The van der Waals surface area contributed by atoms with Crippen LogP contribution in [0.25, 0.3) is 11.1 Å². The molecule has 0 aromatic heterocycles. The predicted molar refractivity (Wildman–Crippen MR) is 170 cm³/mol. The van der Waals surface area contributed by atoms with E-state index < -0.39 is 29.9 Å². The van der Waals surface area contributed by atoms with Gasteiger partial charge in [0, 0.05) is 45.6 Å². The van der Waals surface area contributed by atoms with Crippen LogP contribution >= 0.6 is 0 Å². The number of hydrogen-bond donors (Lipinski definition) is 7. The first-order valence-electron chi connectivity index (χ1n) is 15.8. The zero-order chi connectivity index (χ0) is 32.1. The Hall–Kier alpha value is -3.75. The highest BCUT2D eigenvalue weighted by Gasteiger charge is 2.35. The molecule has 13 nitrogen and oxygen atoms in total. The summed E-state index contributed by atoms with van der Waals surface area (Å²) in [5.74, 6) is -1.33. The van der Waals surface area contributed by atoms with Gasteiger partial charge in [-0.15, -0.1) is 0 Å². The van der Waals surface area contributed by atoms with Crippen LogP contribution in [0.4, 0.5) is 0 Å². The minimum atomic E-state index is -1.04. The maximum atomic E-state index is 14.1. The van der Waals surface area contributed by atoms with Gasteiger partial charge in [-0.05, 0) is 85.9 Å². The van der Waals surface area contributed by atoms with Crippen molar-refractivity contribution in [1.29, 1.82) is 0 Å². The number of aromatic hydroxyl groups is 2. The number of carbonyl (C=O) groups excluding carboxylic acids is 3. The summed E-state index contributed by atoms with van der Waals surface area (Å²) in [5.41, 5.74) is 14.4. The molecule has 0 spiro atoms. The number of fused-ring (bicyclic) bond motifs is 5. The third-order valence-corrected chi connectivity index (χ3v) is 9.04. The Bertz CT molecular complexity index is 1380. The van der Waals surface area contributed by atoms with Crippen LogP contribution in [0.5, 0.6) is 11.5 Å². The molecule has 2 aromatic rings. The van der Waals surface area contributed by atoms with Crippen molar-refractivity contribution < 1.29 is 24.6 Å². The minimum Gasteiger partial charge on any atom is -0.508 e. The molecule has 2 saturated heterocycles. The molecule has 5 rings (SSSR count). The fraction of sp³-hybridized carbons (Fsp3) is 0.531. The molecule has 0 radical (unpaired) electrons. The number of benzene rings is 2. The van der Waals surface area contributed by atoms with Crippen molar-refractivity contribution in [3.8, 4) is 22.6 Å². The van der Waals surface area contributed by atoms with Crippen LogP contribution in [0.3, 0.4) is 0 Å². The lowest BCUT2D eigenvalue weighted by Gasteiger charge is -2.45. The molecule has 13 heteroatoms. The van der Waals surface area contributed by atoms with E-state index in [0.29, 0.717) is 50.3 Å². The SMILES string of the molecule is CN1CCCNC1N1CCN(C(=O)[C@@H]2Cc3cc(ccc3O)-c3ccc(O)c(c3)C[C@H](N)C(=O)N[C@@H](CCCN)C(=O)N2)CC1. The van der Waals surface area contributed by atoms with Crippen LogP contribution in [0, 0.1) is 0 Å². The summed E-state index contributed by atoms with van der Waals surface area (Å²) in [5, 5.41) is 30.6. The molecule has 4 bridgehead atoms. The normalized spacial score (nSPS) is 25.5. The smallest absolute Gasteiger partial charge is 0.245 e. The second-order valence-electron chi connectivity index (χ2n) is 12.3. The van der Waals surface area contributed by atoms with Gasteiger partial charge in [0.05, 0.1) is 6.04 Å². The topological polar surface area (TPSA) is 190 Å². The number of phenols is 2. The van der Waals surface area contributed by atoms with Gasteiger partial charge in [-0.1, -0.05) is 12.1 Å². The molecule has 9 N–H and O–H groups in total. The van der Waals surface area contributed by atoms with Crippen LogP contribution in [0.1, 0.15) is 30.4 Å². The van der Waals surface area contributed by atoms with Crippen LogP contribution < -0.4 is 27.4 Å². The van der Waals surface area contributed by atoms with Crippen LogP contribution in [0.2, 0.25) is 0 Å². The number of nitrogens with zero attached hydrogens (tertiary/aromatic N) is 3. The first-order chi connectivity index (χ1) is 21.6. The number of phenolic OH excluding ortho intramolecular Hbond substituents is 2. The molecule has 0 saturated carbocycles. The van der Waals surface area contributed by atoms with Gasteiger partial charge in [-0.3, -0.25) is 29.5 Å². The summed E-state index contributed by atoms with van der Waals surface area (Å²) in [6, 6.07) is 7.13. The lowest BCUT2D eigenvalue weighted by Crippen LogP contribution is -2.64. The van der Waals surface area contributed by atoms with Crippen molar-refractivity contribution in [2.24, 2.45) is 11.5 Å². The Morgan fingerprint density at radius 1 is 0.911 bits per heavy atom. The number of carbonyl (C=O) groups is 3. The zero-order valence-electron chi connectivity index (χ0n) is 25.9. The van der Waals surface area contributed by atoms with Gasteiger partial charge in [0.25, 0.3) is 0 Å². The summed E-state index contributed by atoms with van der Waals surface area (Å²) < 4.78 is 0. The minimum absolute atomic E-state index is 0.000327. The average molecular weight is 623 g/mol. The number of hydrogen-bond acceptors (Lipinski definition) is 10. The Morgan fingerprint density at radius 2 is 1.56 bits per heavy atom. The van der Waals surface area contributed by atoms with E-state index in [4.69, 9.17) is 11.5 Å². The largest absolute Gasteiger partial charge is 0.508 e. The molecular weight excluding hydrogens is 576 g/mol. The van der Waals surface area contributed by atoms with Gasteiger partial charge < -0.3 is 37.2 Å². The number of nitrogens with one attached hydrogen (secondary N) is 3. The molecule has 45 heavy (non-hydrogen) atoms. The molecule has 3 aliphatic heterocycles. The van der Waals surface area contributed by atoms with E-state index in [1.165, 1.54) is 0 Å². The van der Waals surface area contributed by atoms with Gasteiger partial charge in [-0.25, -0.2) is 0 Å². The van der Waals surface area contributed by atoms with E-state index in [1.807, 2.05) is 0 Å². The highest BCUT2D eigenvalue weighted by molar-refractivity contribution is 5.93. The van der Waals surface area contributed by atoms with E-state index in [2.05, 4.69) is 32.8 Å². The van der Waals surface area contributed by atoms with Gasteiger partial charge in [0.1, 0.15) is 29.9 Å². The monoisotopic (exact) mass is 622 g/mol. The van der Waals surface area contributed by atoms with Gasteiger partial charge in [0.2, 0.25) is 17.7 Å². The van der Waals surface area contributed by atoms with E-state index >= 15 is 0 Å². The predicted octanol–water partition coefficient (Wildman–Crippen LogP) is -0.748. The van der Waals surface area contributed by atoms with Gasteiger partial charge >= 0.3 is 0 Å². The van der Waals surface area contributed by atoms with Crippen LogP contribution in [-0.4, -0.2) is 120 Å². The molecule has 2 fully saturated rings. The lowest BCUT2D eigenvalue weighted by molar-refractivity contribution is -0.139. The average Bonchev–Trinajstić information content (AvgIpc) is 3.04. The molecular formula is C32H46N8O5. The summed E-state index contributed by atoms with van der Waals surface area (Å²) in [6.45, 7) is 4.58. The molecule has 3 heterocycles. The Labute approximate surface area is 263 Å². The zero-order valence-corrected chi connectivity index (χ0v) is 25.9. The van der Waals surface area contributed by atoms with Crippen molar-refractivity contribution in [3.63, 3.8) is 0 Å². The summed E-state index contributed by atoms with van der Waals surface area (Å²) in [4.78, 5) is 47.3. The van der Waals surface area contributed by atoms with Crippen molar-refractivity contribution in [2.45, 2.75) is 56.5 Å². The molecule has 2 aromatic carbocycles. The maximum Gasteiger partial charge on any atom is 0.245 e. The standard InChI is InChI=1S/C32H46N8O5/c1-38-11-3-10-35-32(38)40-14-12-39(13-15-40)31(45)26-19-23-17-21(6-8-28(23)42)20-5-7-27(41)22(16-20)18-24(34)29(43)36-25(4-2-9-33)30(44)37-26/h5-8,16-17,24-26,32,35,41-42H,2-4,9-15,18-19,33-34H2,1H3,(H,36,43)(H,37,44)/t24-,25-,26-,32?/m0/s1. The Morgan fingerprint density at radius 3 is 2.18 bits per heavy atom. The van der Waals surface area contributed by atoms with E-state index in [0.717, 1.165) is 30.6 Å². The highest BCUT2D eigenvalue weighted by Crippen LogP contribution is 2.31. The fourth-order valence-corrected chi connectivity index (χ4v) is 6.40. The number of rotatable bonds is 5.